The van der Waals surface area contributed by atoms with Gasteiger partial charge in [-0.25, -0.2) is 4.79 Å². The van der Waals surface area contributed by atoms with Gasteiger partial charge in [0.15, 0.2) is 6.10 Å². The zero-order valence-corrected chi connectivity index (χ0v) is 12.7. The number of hydrogen-bond donors (Lipinski definition) is 1. The lowest BCUT2D eigenvalue weighted by Crippen LogP contribution is -2.29. The van der Waals surface area contributed by atoms with E-state index >= 15 is 0 Å². The minimum Gasteiger partial charge on any atom is -0.478 e. The van der Waals surface area contributed by atoms with Gasteiger partial charge in [0.05, 0.1) is 0 Å². The Labute approximate surface area is 129 Å². The van der Waals surface area contributed by atoms with Crippen LogP contribution in [0.3, 0.4) is 0 Å². The second-order valence-corrected chi connectivity index (χ2v) is 5.47. The van der Waals surface area contributed by atoms with Crippen molar-refractivity contribution in [3.05, 3.63) is 64.2 Å². The van der Waals surface area contributed by atoms with Crippen molar-refractivity contribution in [2.45, 2.75) is 26.4 Å². The first kappa shape index (κ1) is 15.4. The van der Waals surface area contributed by atoms with Gasteiger partial charge < -0.3 is 9.84 Å². The number of ether oxygens (including phenoxy) is 1. The number of hydrogen-bond acceptors (Lipinski definition) is 2. The van der Waals surface area contributed by atoms with Gasteiger partial charge in [0, 0.05) is 11.4 Å². The van der Waals surface area contributed by atoms with Gasteiger partial charge in [0.2, 0.25) is 0 Å². The summed E-state index contributed by atoms with van der Waals surface area (Å²) in [7, 11) is 0. The fourth-order valence-corrected chi connectivity index (χ4v) is 2.29. The Morgan fingerprint density at radius 3 is 2.67 bits per heavy atom. The summed E-state index contributed by atoms with van der Waals surface area (Å²) >= 11 is 5.97. The Morgan fingerprint density at radius 2 is 2.00 bits per heavy atom. The van der Waals surface area contributed by atoms with Gasteiger partial charge in [-0.3, -0.25) is 0 Å². The van der Waals surface area contributed by atoms with Crippen LogP contribution in [0, 0.1) is 13.8 Å². The number of carboxylic acids is 1. The normalized spacial score (nSPS) is 12.0. The Morgan fingerprint density at radius 1 is 1.24 bits per heavy atom. The van der Waals surface area contributed by atoms with E-state index in [2.05, 4.69) is 0 Å². The lowest BCUT2D eigenvalue weighted by Gasteiger charge is -2.17. The van der Waals surface area contributed by atoms with Crippen LogP contribution in [0.2, 0.25) is 5.02 Å². The van der Waals surface area contributed by atoms with Crippen molar-refractivity contribution >= 4 is 17.6 Å². The molecule has 0 heterocycles. The van der Waals surface area contributed by atoms with Crippen LogP contribution >= 0.6 is 11.6 Å². The molecule has 2 rings (SSSR count). The predicted molar refractivity (Wildman–Crippen MR) is 83.1 cm³/mol. The highest BCUT2D eigenvalue weighted by molar-refractivity contribution is 6.30. The molecule has 0 fully saturated rings. The van der Waals surface area contributed by atoms with Crippen LogP contribution in [-0.4, -0.2) is 17.2 Å². The van der Waals surface area contributed by atoms with Gasteiger partial charge in [0.25, 0.3) is 0 Å². The van der Waals surface area contributed by atoms with Crippen molar-refractivity contribution in [2.75, 3.05) is 0 Å². The Kier molecular flexibility index (Phi) is 4.86. The topological polar surface area (TPSA) is 46.5 Å². The molecular formula is C17H17ClO3. The molecule has 2 aromatic rings. The van der Waals surface area contributed by atoms with Crippen LogP contribution in [0.15, 0.2) is 42.5 Å². The van der Waals surface area contributed by atoms with E-state index in [0.717, 1.165) is 16.7 Å². The molecule has 0 aliphatic heterocycles. The molecule has 110 valence electrons. The minimum absolute atomic E-state index is 0.273. The third-order valence-corrected chi connectivity index (χ3v) is 3.49. The van der Waals surface area contributed by atoms with E-state index in [1.807, 2.05) is 38.1 Å². The number of aryl methyl sites for hydroxylation is 2. The summed E-state index contributed by atoms with van der Waals surface area (Å²) in [6.07, 6.45) is -0.667. The van der Waals surface area contributed by atoms with Crippen molar-refractivity contribution < 1.29 is 14.6 Å². The van der Waals surface area contributed by atoms with Crippen LogP contribution in [-0.2, 0) is 11.2 Å². The standard InChI is InChI=1S/C17H17ClO3/c1-11-4-3-5-15(8-11)21-16(17(19)20)10-13-9-14(18)7-6-12(13)2/h3-9,16H,10H2,1-2H3,(H,19,20). The maximum Gasteiger partial charge on any atom is 0.345 e. The highest BCUT2D eigenvalue weighted by Gasteiger charge is 2.21. The summed E-state index contributed by atoms with van der Waals surface area (Å²) in [6.45, 7) is 3.86. The molecular weight excluding hydrogens is 288 g/mol. The Hall–Kier alpha value is -2.00. The summed E-state index contributed by atoms with van der Waals surface area (Å²) in [4.78, 5) is 11.4. The molecule has 1 atom stereocenters. The fraction of sp³-hybridized carbons (Fsp3) is 0.235. The molecule has 1 N–H and O–H groups in total. The second-order valence-electron chi connectivity index (χ2n) is 5.04. The van der Waals surface area contributed by atoms with Crippen molar-refractivity contribution in [3.8, 4) is 5.75 Å². The summed E-state index contributed by atoms with van der Waals surface area (Å²) in [5.74, 6) is -0.432. The molecule has 0 spiro atoms. The average molecular weight is 305 g/mol. The third kappa shape index (κ3) is 4.23. The third-order valence-electron chi connectivity index (χ3n) is 3.26. The molecule has 0 aromatic heterocycles. The molecule has 0 saturated carbocycles. The van der Waals surface area contributed by atoms with Crippen LogP contribution in [0.5, 0.6) is 5.75 Å². The van der Waals surface area contributed by atoms with E-state index < -0.39 is 12.1 Å². The van der Waals surface area contributed by atoms with Crippen molar-refractivity contribution in [1.82, 2.24) is 0 Å². The zero-order chi connectivity index (χ0) is 15.4. The molecule has 0 aliphatic rings. The van der Waals surface area contributed by atoms with E-state index in [-0.39, 0.29) is 6.42 Å². The maximum absolute atomic E-state index is 11.4. The van der Waals surface area contributed by atoms with Crippen LogP contribution in [0.1, 0.15) is 16.7 Å². The number of rotatable bonds is 5. The van der Waals surface area contributed by atoms with Crippen molar-refractivity contribution in [1.29, 1.82) is 0 Å². The summed E-state index contributed by atoms with van der Waals surface area (Å²) in [5, 5.41) is 9.96. The van der Waals surface area contributed by atoms with Gasteiger partial charge >= 0.3 is 5.97 Å². The maximum atomic E-state index is 11.4. The number of halogens is 1. The van der Waals surface area contributed by atoms with E-state index in [4.69, 9.17) is 16.3 Å². The second kappa shape index (κ2) is 6.64. The monoisotopic (exact) mass is 304 g/mol. The lowest BCUT2D eigenvalue weighted by atomic mass is 10.0. The number of benzene rings is 2. The van der Waals surface area contributed by atoms with E-state index in [1.165, 1.54) is 0 Å². The molecule has 0 amide bonds. The first-order valence-corrected chi connectivity index (χ1v) is 7.04. The zero-order valence-electron chi connectivity index (χ0n) is 12.0. The molecule has 21 heavy (non-hydrogen) atoms. The molecule has 0 saturated heterocycles. The highest BCUT2D eigenvalue weighted by atomic mass is 35.5. The SMILES string of the molecule is Cc1cccc(OC(Cc2cc(Cl)ccc2C)C(=O)O)c1. The van der Waals surface area contributed by atoms with Gasteiger partial charge in [-0.05, 0) is 54.8 Å². The molecule has 1 unspecified atom stereocenters. The van der Waals surface area contributed by atoms with Gasteiger partial charge in [-0.1, -0.05) is 29.8 Å². The van der Waals surface area contributed by atoms with E-state index in [9.17, 15) is 9.90 Å². The fourth-order valence-electron chi connectivity index (χ4n) is 2.09. The molecule has 0 bridgehead atoms. The van der Waals surface area contributed by atoms with E-state index in [0.29, 0.717) is 10.8 Å². The van der Waals surface area contributed by atoms with E-state index in [1.54, 1.807) is 18.2 Å². The van der Waals surface area contributed by atoms with Gasteiger partial charge in [-0.2, -0.15) is 0 Å². The minimum atomic E-state index is -0.990. The smallest absolute Gasteiger partial charge is 0.345 e. The molecule has 4 heteroatoms. The molecule has 0 radical (unpaired) electrons. The molecule has 0 aliphatic carbocycles. The first-order valence-electron chi connectivity index (χ1n) is 6.67. The largest absolute Gasteiger partial charge is 0.478 e. The average Bonchev–Trinajstić information content (AvgIpc) is 2.42. The number of carboxylic acid groups (broad SMARTS) is 1. The predicted octanol–water partition coefficient (Wildman–Crippen LogP) is 4.03. The summed E-state index contributed by atoms with van der Waals surface area (Å²) in [5.41, 5.74) is 2.90. The van der Waals surface area contributed by atoms with Crippen LogP contribution in [0.4, 0.5) is 0 Å². The number of aliphatic carboxylic acids is 1. The van der Waals surface area contributed by atoms with Crippen LogP contribution < -0.4 is 4.74 Å². The molecule has 3 nitrogen and oxygen atoms in total. The Balaban J connectivity index is 2.20. The lowest BCUT2D eigenvalue weighted by molar-refractivity contribution is -0.145. The van der Waals surface area contributed by atoms with Crippen molar-refractivity contribution in [3.63, 3.8) is 0 Å². The van der Waals surface area contributed by atoms with Crippen LogP contribution in [0.25, 0.3) is 0 Å². The number of carbonyl (C=O) groups is 1. The highest BCUT2D eigenvalue weighted by Crippen LogP contribution is 2.20. The van der Waals surface area contributed by atoms with Gasteiger partial charge in [-0.15, -0.1) is 0 Å². The molecule has 2 aromatic carbocycles. The van der Waals surface area contributed by atoms with Gasteiger partial charge in [0.1, 0.15) is 5.75 Å². The quantitative estimate of drug-likeness (QED) is 0.907. The summed E-state index contributed by atoms with van der Waals surface area (Å²) in [6, 6.07) is 12.8. The van der Waals surface area contributed by atoms with Crippen molar-refractivity contribution in [2.24, 2.45) is 0 Å². The Bertz CT molecular complexity index is 652. The summed E-state index contributed by atoms with van der Waals surface area (Å²) < 4.78 is 5.61. The first-order chi connectivity index (χ1) is 9.95.